The highest BCUT2D eigenvalue weighted by atomic mass is 32.2. The van der Waals surface area contributed by atoms with E-state index in [1.165, 1.54) is 12.1 Å². The third-order valence-corrected chi connectivity index (χ3v) is 3.61. The van der Waals surface area contributed by atoms with Crippen LogP contribution in [0, 0.1) is 5.92 Å². The molecule has 118 valence electrons. The molecule has 0 aromatic heterocycles. The van der Waals surface area contributed by atoms with Gasteiger partial charge in [-0.2, -0.15) is 0 Å². The second-order valence-corrected chi connectivity index (χ2v) is 6.90. The molecular weight excluding hydrogens is 292 g/mol. The molecule has 1 aromatic carbocycles. The predicted molar refractivity (Wildman–Crippen MR) is 83.2 cm³/mol. The largest absolute Gasteiger partial charge is 0.399 e. The summed E-state index contributed by atoms with van der Waals surface area (Å²) in [5, 5.41) is 10.8. The number of amides is 1. The van der Waals surface area contributed by atoms with Crippen LogP contribution in [-0.2, 0) is 14.8 Å². The lowest BCUT2D eigenvalue weighted by Crippen LogP contribution is -2.39. The first-order valence-electron chi connectivity index (χ1n) is 6.57. The summed E-state index contributed by atoms with van der Waals surface area (Å²) in [4.78, 5) is 11.8. The maximum absolute atomic E-state index is 11.9. The van der Waals surface area contributed by atoms with Crippen molar-refractivity contribution in [2.75, 3.05) is 17.6 Å². The number of carbonyl (C=O) groups excluding carboxylic acids is 1. The van der Waals surface area contributed by atoms with E-state index in [2.05, 4.69) is 10.6 Å². The lowest BCUT2D eigenvalue weighted by molar-refractivity contribution is -0.121. The van der Waals surface area contributed by atoms with Gasteiger partial charge < -0.3 is 16.4 Å². The molecule has 8 heteroatoms. The van der Waals surface area contributed by atoms with Crippen LogP contribution in [0.15, 0.2) is 23.1 Å². The van der Waals surface area contributed by atoms with Gasteiger partial charge in [0.15, 0.2) is 0 Å². The van der Waals surface area contributed by atoms with Crippen molar-refractivity contribution in [1.29, 1.82) is 0 Å². The number of nitrogens with one attached hydrogen (secondary N) is 2. The lowest BCUT2D eigenvalue weighted by atomic mass is 10.2. The molecule has 0 bridgehead atoms. The number of rotatable bonds is 6. The molecule has 0 saturated heterocycles. The van der Waals surface area contributed by atoms with Gasteiger partial charge in [-0.3, -0.25) is 4.79 Å². The number of hydrogen-bond donors (Lipinski definition) is 4. The average molecular weight is 314 g/mol. The summed E-state index contributed by atoms with van der Waals surface area (Å²) in [7, 11) is -3.85. The fraction of sp³-hybridized carbons (Fsp3) is 0.462. The van der Waals surface area contributed by atoms with E-state index in [1.54, 1.807) is 13.0 Å². The van der Waals surface area contributed by atoms with Crippen molar-refractivity contribution in [3.05, 3.63) is 18.2 Å². The Morgan fingerprint density at radius 2 is 1.86 bits per heavy atom. The third kappa shape index (κ3) is 5.60. The van der Waals surface area contributed by atoms with Crippen molar-refractivity contribution in [3.8, 4) is 0 Å². The highest BCUT2D eigenvalue weighted by molar-refractivity contribution is 7.89. The van der Waals surface area contributed by atoms with Crippen molar-refractivity contribution in [2.24, 2.45) is 11.1 Å². The molecule has 0 aliphatic rings. The summed E-state index contributed by atoms with van der Waals surface area (Å²) in [5.41, 5.74) is 6.32. The molecule has 1 rings (SSSR count). The molecule has 0 aliphatic carbocycles. The van der Waals surface area contributed by atoms with E-state index in [0.29, 0.717) is 18.2 Å². The van der Waals surface area contributed by atoms with Gasteiger partial charge in [-0.05, 0) is 31.0 Å². The van der Waals surface area contributed by atoms with Crippen molar-refractivity contribution >= 4 is 27.3 Å². The molecule has 1 amide bonds. The van der Waals surface area contributed by atoms with E-state index in [1.807, 2.05) is 13.8 Å². The van der Waals surface area contributed by atoms with E-state index < -0.39 is 16.1 Å². The number of nitrogen functional groups attached to an aromatic ring is 1. The molecule has 21 heavy (non-hydrogen) atoms. The Hall–Kier alpha value is -1.80. The van der Waals surface area contributed by atoms with Crippen molar-refractivity contribution in [1.82, 2.24) is 5.32 Å². The van der Waals surface area contributed by atoms with Crippen LogP contribution in [0.25, 0.3) is 0 Å². The van der Waals surface area contributed by atoms with E-state index in [9.17, 15) is 13.2 Å². The van der Waals surface area contributed by atoms with Crippen LogP contribution in [0.2, 0.25) is 0 Å². The van der Waals surface area contributed by atoms with Crippen molar-refractivity contribution in [2.45, 2.75) is 31.7 Å². The maximum atomic E-state index is 11.9. The molecule has 1 atom stereocenters. The maximum Gasteiger partial charge on any atom is 0.242 e. The number of carbonyl (C=O) groups is 1. The fourth-order valence-corrected chi connectivity index (χ4v) is 2.23. The Bertz CT molecular complexity index is 614. The van der Waals surface area contributed by atoms with Crippen molar-refractivity contribution < 1.29 is 13.2 Å². The minimum absolute atomic E-state index is 0.0974. The number of hydrogen-bond acceptors (Lipinski definition) is 5. The molecule has 0 aliphatic heterocycles. The number of nitrogens with two attached hydrogens (primary N) is 2. The van der Waals surface area contributed by atoms with Crippen LogP contribution in [0.3, 0.4) is 0 Å². The number of anilines is 2. The smallest absolute Gasteiger partial charge is 0.242 e. The van der Waals surface area contributed by atoms with Crippen LogP contribution < -0.4 is 21.5 Å². The Morgan fingerprint density at radius 1 is 1.24 bits per heavy atom. The van der Waals surface area contributed by atoms with Gasteiger partial charge in [0.1, 0.15) is 6.04 Å². The molecular formula is C13H22N4O3S. The highest BCUT2D eigenvalue weighted by Gasteiger charge is 2.15. The minimum Gasteiger partial charge on any atom is -0.399 e. The molecule has 0 spiro atoms. The minimum atomic E-state index is -3.85. The summed E-state index contributed by atoms with van der Waals surface area (Å²) in [6, 6.07) is 3.63. The standard InChI is InChI=1S/C13H22N4O3S/c1-8(2)7-16-13(18)9(3)17-11-4-10(14)5-12(6-11)21(15,19)20/h4-6,8-9,17H,7,14H2,1-3H3,(H,16,18)(H2,15,19,20). The zero-order chi connectivity index (χ0) is 16.2. The molecule has 0 radical (unpaired) electrons. The summed E-state index contributed by atoms with van der Waals surface area (Å²) in [6.07, 6.45) is 0. The Kier molecular flexibility index (Phi) is 5.56. The van der Waals surface area contributed by atoms with Gasteiger partial charge in [0.05, 0.1) is 4.90 Å². The van der Waals surface area contributed by atoms with E-state index in [-0.39, 0.29) is 16.5 Å². The number of benzene rings is 1. The second-order valence-electron chi connectivity index (χ2n) is 5.34. The van der Waals surface area contributed by atoms with Gasteiger partial charge in [-0.1, -0.05) is 13.8 Å². The summed E-state index contributed by atoms with van der Waals surface area (Å²) < 4.78 is 22.7. The van der Waals surface area contributed by atoms with E-state index >= 15 is 0 Å². The summed E-state index contributed by atoms with van der Waals surface area (Å²) >= 11 is 0. The zero-order valence-corrected chi connectivity index (χ0v) is 13.2. The highest BCUT2D eigenvalue weighted by Crippen LogP contribution is 2.20. The molecule has 0 fully saturated rings. The van der Waals surface area contributed by atoms with Crippen LogP contribution in [-0.4, -0.2) is 26.9 Å². The Labute approximate surface area is 125 Å². The topological polar surface area (TPSA) is 127 Å². The van der Waals surface area contributed by atoms with Crippen LogP contribution in [0.4, 0.5) is 11.4 Å². The lowest BCUT2D eigenvalue weighted by Gasteiger charge is -2.17. The zero-order valence-electron chi connectivity index (χ0n) is 12.4. The van der Waals surface area contributed by atoms with Crippen LogP contribution in [0.5, 0.6) is 0 Å². The molecule has 0 saturated carbocycles. The molecule has 1 unspecified atom stereocenters. The van der Waals surface area contributed by atoms with Gasteiger partial charge in [-0.25, -0.2) is 13.6 Å². The first-order valence-corrected chi connectivity index (χ1v) is 8.12. The van der Waals surface area contributed by atoms with E-state index in [0.717, 1.165) is 0 Å². The third-order valence-electron chi connectivity index (χ3n) is 2.72. The first kappa shape index (κ1) is 17.3. The predicted octanol–water partition coefficient (Wildman–Crippen LogP) is 0.489. The first-order chi connectivity index (χ1) is 9.59. The second kappa shape index (κ2) is 6.77. The Balaban J connectivity index is 2.83. The van der Waals surface area contributed by atoms with E-state index in [4.69, 9.17) is 10.9 Å². The summed E-state index contributed by atoms with van der Waals surface area (Å²) in [5.74, 6) is 0.172. The van der Waals surface area contributed by atoms with Gasteiger partial charge in [0.25, 0.3) is 0 Å². The average Bonchev–Trinajstić information content (AvgIpc) is 2.33. The number of primary sulfonamides is 1. The van der Waals surface area contributed by atoms with Gasteiger partial charge >= 0.3 is 0 Å². The molecule has 6 N–H and O–H groups in total. The SMILES string of the molecule is CC(C)CNC(=O)C(C)Nc1cc(N)cc(S(N)(=O)=O)c1. The summed E-state index contributed by atoms with van der Waals surface area (Å²) in [6.45, 7) is 6.24. The van der Waals surface area contributed by atoms with Crippen LogP contribution in [0.1, 0.15) is 20.8 Å². The normalized spacial score (nSPS) is 13.0. The molecule has 7 nitrogen and oxygen atoms in total. The van der Waals surface area contributed by atoms with Crippen LogP contribution >= 0.6 is 0 Å². The van der Waals surface area contributed by atoms with Gasteiger partial charge in [-0.15, -0.1) is 0 Å². The molecule has 0 heterocycles. The quantitative estimate of drug-likeness (QED) is 0.568. The van der Waals surface area contributed by atoms with Gasteiger partial charge in [0, 0.05) is 17.9 Å². The van der Waals surface area contributed by atoms with Crippen molar-refractivity contribution in [3.63, 3.8) is 0 Å². The van der Waals surface area contributed by atoms with Gasteiger partial charge in [0.2, 0.25) is 15.9 Å². The number of sulfonamides is 1. The monoisotopic (exact) mass is 314 g/mol. The Morgan fingerprint density at radius 3 is 2.38 bits per heavy atom. The molecule has 1 aromatic rings. The fourth-order valence-electron chi connectivity index (χ4n) is 1.64.